The summed E-state index contributed by atoms with van der Waals surface area (Å²) in [6, 6.07) is 3.40. The van der Waals surface area contributed by atoms with Crippen LogP contribution < -0.4 is 0 Å². The third-order valence-corrected chi connectivity index (χ3v) is 2.12. The number of hydrogen-bond acceptors (Lipinski definition) is 3. The van der Waals surface area contributed by atoms with Crippen molar-refractivity contribution in [3.05, 3.63) is 34.4 Å². The molecule has 1 aromatic rings. The van der Waals surface area contributed by atoms with Gasteiger partial charge in [0.2, 0.25) is 0 Å². The summed E-state index contributed by atoms with van der Waals surface area (Å²) >= 11 is 0. The Labute approximate surface area is 94.5 Å². The molecule has 0 fully saturated rings. The number of alkyl halides is 3. The van der Waals surface area contributed by atoms with Crippen LogP contribution in [0.25, 0.3) is 0 Å². The van der Waals surface area contributed by atoms with E-state index in [9.17, 15) is 22.8 Å². The predicted molar refractivity (Wildman–Crippen MR) is 51.6 cm³/mol. The van der Waals surface area contributed by atoms with E-state index in [2.05, 4.69) is 0 Å². The van der Waals surface area contributed by atoms with Gasteiger partial charge in [0, 0.05) is 11.1 Å². The Morgan fingerprint density at radius 1 is 1.41 bits per heavy atom. The fourth-order valence-corrected chi connectivity index (χ4v) is 1.48. The van der Waals surface area contributed by atoms with Crippen molar-refractivity contribution in [1.29, 1.82) is 5.26 Å². The fraction of sp³-hybridized carbons (Fsp3) is 0.182. The number of hydrogen-bond donors (Lipinski definition) is 0. The molecule has 0 aliphatic heterocycles. The van der Waals surface area contributed by atoms with Gasteiger partial charge >= 0.3 is 6.18 Å². The number of carbonyl (C=O) groups is 2. The second kappa shape index (κ2) is 4.37. The molecule has 0 radical (unpaired) electrons. The van der Waals surface area contributed by atoms with Crippen LogP contribution >= 0.6 is 0 Å². The van der Waals surface area contributed by atoms with E-state index in [1.54, 1.807) is 0 Å². The van der Waals surface area contributed by atoms with Gasteiger partial charge in [0.05, 0.1) is 17.2 Å². The Bertz CT molecular complexity index is 527. The van der Waals surface area contributed by atoms with Crippen molar-refractivity contribution >= 4 is 12.1 Å². The van der Waals surface area contributed by atoms with Gasteiger partial charge in [-0.05, 0) is 19.1 Å². The lowest BCUT2D eigenvalue weighted by atomic mass is 9.94. The van der Waals surface area contributed by atoms with Crippen LogP contribution in [0.2, 0.25) is 0 Å². The maximum atomic E-state index is 12.8. The molecule has 0 atom stereocenters. The molecule has 1 rings (SSSR count). The summed E-state index contributed by atoms with van der Waals surface area (Å²) in [5.41, 5.74) is -3.15. The second-order valence-corrected chi connectivity index (χ2v) is 3.24. The first-order valence-corrected chi connectivity index (χ1v) is 4.43. The molecule has 0 saturated carbocycles. The van der Waals surface area contributed by atoms with Gasteiger partial charge in [-0.25, -0.2) is 0 Å². The molecular formula is C11H6F3NO2. The number of aldehydes is 1. The fourth-order valence-electron chi connectivity index (χ4n) is 1.48. The standard InChI is InChI=1S/C11H6F3NO2/c1-6(17)9-7(4-15)2-3-8(5-16)10(9)11(12,13)14/h2-3,5H,1H3. The van der Waals surface area contributed by atoms with Crippen molar-refractivity contribution in [2.24, 2.45) is 0 Å². The van der Waals surface area contributed by atoms with Gasteiger partial charge in [-0.2, -0.15) is 18.4 Å². The summed E-state index contributed by atoms with van der Waals surface area (Å²) in [6.45, 7) is 0.917. The van der Waals surface area contributed by atoms with Crippen LogP contribution in [-0.4, -0.2) is 12.1 Å². The summed E-state index contributed by atoms with van der Waals surface area (Å²) in [5.74, 6) is -0.905. The van der Waals surface area contributed by atoms with Gasteiger partial charge in [-0.1, -0.05) is 0 Å². The Kier molecular flexibility index (Phi) is 3.32. The summed E-state index contributed by atoms with van der Waals surface area (Å²) in [4.78, 5) is 21.7. The number of benzene rings is 1. The SMILES string of the molecule is CC(=O)c1c(C#N)ccc(C=O)c1C(F)(F)F. The van der Waals surface area contributed by atoms with Gasteiger partial charge in [0.1, 0.15) is 0 Å². The number of carbonyl (C=O) groups excluding carboxylic acids is 2. The first-order chi connectivity index (χ1) is 7.82. The van der Waals surface area contributed by atoms with Gasteiger partial charge in [-0.3, -0.25) is 9.59 Å². The third kappa shape index (κ3) is 2.33. The smallest absolute Gasteiger partial charge is 0.298 e. The summed E-state index contributed by atoms with van der Waals surface area (Å²) < 4.78 is 38.3. The zero-order valence-corrected chi connectivity index (χ0v) is 8.63. The first-order valence-electron chi connectivity index (χ1n) is 4.43. The van der Waals surface area contributed by atoms with E-state index in [0.29, 0.717) is 0 Å². The highest BCUT2D eigenvalue weighted by atomic mass is 19.4. The maximum absolute atomic E-state index is 12.8. The minimum Gasteiger partial charge on any atom is -0.298 e. The molecule has 0 bridgehead atoms. The largest absolute Gasteiger partial charge is 0.417 e. The average Bonchev–Trinajstić information content (AvgIpc) is 2.25. The molecule has 6 heteroatoms. The quantitative estimate of drug-likeness (QED) is 0.590. The number of nitrogens with zero attached hydrogens (tertiary/aromatic N) is 1. The lowest BCUT2D eigenvalue weighted by Crippen LogP contribution is -2.16. The minimum absolute atomic E-state index is 0.0103. The van der Waals surface area contributed by atoms with Crippen LogP contribution in [-0.2, 0) is 6.18 Å². The predicted octanol–water partition coefficient (Wildman–Crippen LogP) is 2.59. The Morgan fingerprint density at radius 2 is 2.00 bits per heavy atom. The van der Waals surface area contributed by atoms with Crippen LogP contribution in [0, 0.1) is 11.3 Å². The molecule has 0 heterocycles. The van der Waals surface area contributed by atoms with Crippen molar-refractivity contribution in [2.45, 2.75) is 13.1 Å². The van der Waals surface area contributed by atoms with Gasteiger partial charge < -0.3 is 0 Å². The normalized spacial score (nSPS) is 10.8. The summed E-state index contributed by atoms with van der Waals surface area (Å²) in [6.07, 6.45) is -4.85. The molecule has 0 aliphatic carbocycles. The van der Waals surface area contributed by atoms with E-state index < -0.39 is 34.2 Å². The molecule has 88 valence electrons. The van der Waals surface area contributed by atoms with Crippen molar-refractivity contribution in [3.63, 3.8) is 0 Å². The first kappa shape index (κ1) is 12.9. The monoisotopic (exact) mass is 241 g/mol. The van der Waals surface area contributed by atoms with Crippen LogP contribution in [0.15, 0.2) is 12.1 Å². The highest BCUT2D eigenvalue weighted by Crippen LogP contribution is 2.35. The number of rotatable bonds is 2. The summed E-state index contributed by atoms with van der Waals surface area (Å²) in [5, 5.41) is 8.66. The molecule has 0 saturated heterocycles. The molecule has 0 N–H and O–H groups in total. The highest BCUT2D eigenvalue weighted by molar-refractivity contribution is 6.00. The molecule has 3 nitrogen and oxygen atoms in total. The van der Waals surface area contributed by atoms with Crippen LogP contribution in [0.3, 0.4) is 0 Å². The molecule has 0 spiro atoms. The third-order valence-electron chi connectivity index (χ3n) is 2.12. The van der Waals surface area contributed by atoms with Gasteiger partial charge in [0.25, 0.3) is 0 Å². The zero-order chi connectivity index (χ0) is 13.2. The van der Waals surface area contributed by atoms with E-state index in [0.717, 1.165) is 19.1 Å². The number of ketones is 1. The lowest BCUT2D eigenvalue weighted by Gasteiger charge is -2.14. The van der Waals surface area contributed by atoms with E-state index in [4.69, 9.17) is 5.26 Å². The molecular weight excluding hydrogens is 235 g/mol. The molecule has 17 heavy (non-hydrogen) atoms. The minimum atomic E-state index is -4.86. The molecule has 0 aliphatic rings. The lowest BCUT2D eigenvalue weighted by molar-refractivity contribution is -0.138. The van der Waals surface area contributed by atoms with Crippen molar-refractivity contribution in [3.8, 4) is 6.07 Å². The van der Waals surface area contributed by atoms with Gasteiger partial charge in [0.15, 0.2) is 12.1 Å². The van der Waals surface area contributed by atoms with E-state index in [1.807, 2.05) is 0 Å². The topological polar surface area (TPSA) is 57.9 Å². The second-order valence-electron chi connectivity index (χ2n) is 3.24. The van der Waals surface area contributed by atoms with Crippen molar-refractivity contribution in [1.82, 2.24) is 0 Å². The highest BCUT2D eigenvalue weighted by Gasteiger charge is 2.38. The molecule has 0 unspecified atom stereocenters. The van der Waals surface area contributed by atoms with E-state index in [-0.39, 0.29) is 6.29 Å². The average molecular weight is 241 g/mol. The summed E-state index contributed by atoms with van der Waals surface area (Å²) in [7, 11) is 0. The Balaban J connectivity index is 3.79. The number of halogens is 3. The van der Waals surface area contributed by atoms with Crippen LogP contribution in [0.1, 0.15) is 38.8 Å². The van der Waals surface area contributed by atoms with Crippen LogP contribution in [0.4, 0.5) is 13.2 Å². The zero-order valence-electron chi connectivity index (χ0n) is 8.63. The number of Topliss-reactive ketones (excluding diaryl/α,β-unsaturated/α-hetero) is 1. The van der Waals surface area contributed by atoms with Gasteiger partial charge in [-0.15, -0.1) is 0 Å². The molecule has 0 amide bonds. The van der Waals surface area contributed by atoms with Crippen LogP contribution in [0.5, 0.6) is 0 Å². The van der Waals surface area contributed by atoms with Crippen molar-refractivity contribution in [2.75, 3.05) is 0 Å². The maximum Gasteiger partial charge on any atom is 0.417 e. The van der Waals surface area contributed by atoms with Crippen molar-refractivity contribution < 1.29 is 22.8 Å². The Hall–Kier alpha value is -2.16. The van der Waals surface area contributed by atoms with E-state index >= 15 is 0 Å². The number of nitriles is 1. The molecule has 0 aromatic heterocycles. The Morgan fingerprint density at radius 3 is 2.35 bits per heavy atom. The van der Waals surface area contributed by atoms with E-state index in [1.165, 1.54) is 6.07 Å². The molecule has 1 aromatic carbocycles.